The summed E-state index contributed by atoms with van der Waals surface area (Å²) in [5, 5.41) is 0. The van der Waals surface area contributed by atoms with E-state index in [0.29, 0.717) is 250 Å². The molecule has 0 amide bonds. The van der Waals surface area contributed by atoms with E-state index >= 15 is 0 Å². The zero-order valence-corrected chi connectivity index (χ0v) is 74.3. The van der Waals surface area contributed by atoms with Crippen LogP contribution in [-0.2, 0) is 111 Å². The second-order valence-corrected chi connectivity index (χ2v) is 29.3. The van der Waals surface area contributed by atoms with Crippen molar-refractivity contribution in [2.45, 2.75) is 127 Å². The quantitative estimate of drug-likeness (QED) is 0.0373. The van der Waals surface area contributed by atoms with Crippen molar-refractivity contribution >= 4 is 0 Å². The maximum absolute atomic E-state index is 6.31. The van der Waals surface area contributed by atoms with Gasteiger partial charge in [-0.1, -0.05) is 76.2 Å². The molecule has 0 saturated carbocycles. The predicted octanol–water partition coefficient (Wildman–Crippen LogP) is 14.3. The second-order valence-electron chi connectivity index (χ2n) is 29.3. The SMILES string of the molecule is COCCOCC(C)(C)C.COCCOCC(COCCOC)OCC(C)C.COCCOCC(COCCOC)OCCCC(C)C.COCCOc1cc(CC(C)C)cc(OCCOC)c1.COCCOc1cc(COc2cc(CC(C)C)cc(OCc3cc(OCCOC)cc(OCCOC)c3)c2)cc(OCCOC)c1. The summed E-state index contributed by atoms with van der Waals surface area (Å²) in [5.74, 6) is 8.08. The highest BCUT2D eigenvalue weighted by Crippen LogP contribution is 2.31. The molecule has 4 aromatic rings. The van der Waals surface area contributed by atoms with Gasteiger partial charge in [-0.25, -0.2) is 0 Å². The van der Waals surface area contributed by atoms with Crippen molar-refractivity contribution < 1.29 is 123 Å². The Bertz CT molecular complexity index is 2570. The molecule has 0 N–H and O–H groups in total. The molecule has 0 atom stereocenters. The second kappa shape index (κ2) is 75.1. The molecule has 0 fully saturated rings. The van der Waals surface area contributed by atoms with E-state index in [2.05, 4.69) is 100 Å². The van der Waals surface area contributed by atoms with Crippen LogP contribution in [0.3, 0.4) is 0 Å². The lowest BCUT2D eigenvalue weighted by Gasteiger charge is -2.19. The van der Waals surface area contributed by atoms with Crippen LogP contribution in [0.25, 0.3) is 0 Å². The molecular formula is C88H154O26. The monoisotopic (exact) mass is 1630 g/mol. The Kier molecular flexibility index (Phi) is 71.5. The summed E-state index contributed by atoms with van der Waals surface area (Å²) in [6.07, 6.45) is 4.10. The lowest BCUT2D eigenvalue weighted by atomic mass is 9.99. The molecule has 4 aromatic carbocycles. The van der Waals surface area contributed by atoms with Gasteiger partial charge in [-0.15, -0.1) is 0 Å². The average Bonchev–Trinajstić information content (AvgIpc) is 0.848. The van der Waals surface area contributed by atoms with Crippen molar-refractivity contribution in [3.8, 4) is 46.0 Å². The molecule has 0 spiro atoms. The summed E-state index contributed by atoms with van der Waals surface area (Å²) in [6.45, 7) is 41.0. The van der Waals surface area contributed by atoms with Crippen molar-refractivity contribution in [1.29, 1.82) is 0 Å². The molecule has 0 heterocycles. The van der Waals surface area contributed by atoms with Crippen LogP contribution in [0.4, 0.5) is 0 Å². The zero-order valence-electron chi connectivity index (χ0n) is 74.3. The molecule has 0 radical (unpaired) electrons. The van der Waals surface area contributed by atoms with Crippen LogP contribution >= 0.6 is 0 Å². The van der Waals surface area contributed by atoms with Crippen LogP contribution in [-0.4, -0.2) is 282 Å². The van der Waals surface area contributed by atoms with Gasteiger partial charge in [0.05, 0.1) is 139 Å². The summed E-state index contributed by atoms with van der Waals surface area (Å²) < 4.78 is 141. The summed E-state index contributed by atoms with van der Waals surface area (Å²) in [6, 6.07) is 23.6. The van der Waals surface area contributed by atoms with Crippen molar-refractivity contribution in [3.63, 3.8) is 0 Å². The third-order valence-electron chi connectivity index (χ3n) is 15.0. The standard InChI is InChI=1S/C36H50O10.C16H26O4.C15H32O5.C13H28O5.C8H18O2/c1-27(2)15-28-16-35(45-25-29-18-31(41-11-7-37-3)22-32(19-29)42-12-8-38-4)24-36(17-28)46-26-30-20-33(43-13-9-39-5)23-34(21-30)44-14-10-40-6;1-13(2)9-14-10-15(19-7-5-17-3)12-16(11-14)20-8-6-18-4;1-14(2)6-5-7-20-15(12-18-10-8-16-3)13-19-11-9-17-4;1-12(2)9-18-13(10-16-7-5-14-3)11-17-8-6-15-4;1-8(2,3)7-10-6-5-9-4/h16-24,27H,7-15,25-26H2,1-6H3;10-13H,5-9H2,1-4H3;14-15H,5-13H2,1-4H3;12-13H,5-11H2,1-4H3;5-7H2,1-4H3. The Labute approximate surface area is 687 Å². The molecule has 4 rings (SSSR count). The van der Waals surface area contributed by atoms with Gasteiger partial charge in [-0.3, -0.25) is 0 Å². The van der Waals surface area contributed by atoms with E-state index in [1.807, 2.05) is 48.5 Å². The van der Waals surface area contributed by atoms with Crippen molar-refractivity contribution in [2.75, 3.05) is 270 Å². The van der Waals surface area contributed by atoms with Gasteiger partial charge in [-0.2, -0.15) is 0 Å². The summed E-state index contributed by atoms with van der Waals surface area (Å²) >= 11 is 0. The van der Waals surface area contributed by atoms with Gasteiger partial charge < -0.3 is 123 Å². The molecule has 26 nitrogen and oxygen atoms in total. The topological polar surface area (TPSA) is 240 Å². The molecule has 0 aliphatic carbocycles. The average molecular weight is 1630 g/mol. The zero-order chi connectivity index (χ0) is 84.5. The fourth-order valence-corrected chi connectivity index (χ4v) is 9.63. The van der Waals surface area contributed by atoms with Gasteiger partial charge >= 0.3 is 0 Å². The first-order chi connectivity index (χ1) is 55.0. The molecule has 0 saturated heterocycles. The van der Waals surface area contributed by atoms with Gasteiger partial charge in [0.15, 0.2) is 0 Å². The number of benzene rings is 4. The van der Waals surface area contributed by atoms with Crippen molar-refractivity contribution in [1.82, 2.24) is 0 Å². The third-order valence-corrected chi connectivity index (χ3v) is 15.0. The molecule has 114 heavy (non-hydrogen) atoms. The minimum atomic E-state index is -0.0267. The molecule has 26 heteroatoms. The fourth-order valence-electron chi connectivity index (χ4n) is 9.63. The van der Waals surface area contributed by atoms with Gasteiger partial charge in [0, 0.05) is 116 Å². The van der Waals surface area contributed by atoms with E-state index in [1.165, 1.54) is 12.0 Å². The molecule has 0 unspecified atom stereocenters. The summed E-state index contributed by atoms with van der Waals surface area (Å²) in [4.78, 5) is 0. The van der Waals surface area contributed by atoms with Gasteiger partial charge in [0.25, 0.3) is 0 Å². The van der Waals surface area contributed by atoms with Gasteiger partial charge in [-0.05, 0) is 126 Å². The molecular weight excluding hydrogens is 1470 g/mol. The molecule has 0 aliphatic rings. The molecule has 0 aliphatic heterocycles. The fraction of sp³-hybridized carbons (Fsp3) is 0.727. The number of rotatable bonds is 66. The normalized spacial score (nSPS) is 11.3. The molecule has 662 valence electrons. The number of hydrogen-bond acceptors (Lipinski definition) is 26. The van der Waals surface area contributed by atoms with Crippen LogP contribution in [0.15, 0.2) is 72.8 Å². The first-order valence-electron chi connectivity index (χ1n) is 40.1. The van der Waals surface area contributed by atoms with Crippen LogP contribution in [0, 0.1) is 29.1 Å². The summed E-state index contributed by atoms with van der Waals surface area (Å²) in [5.41, 5.74) is 4.44. The highest BCUT2D eigenvalue weighted by molar-refractivity contribution is 5.43. The lowest BCUT2D eigenvalue weighted by molar-refractivity contribution is -0.0755. The van der Waals surface area contributed by atoms with Gasteiger partial charge in [0.1, 0.15) is 111 Å². The Balaban J connectivity index is 0.00000156. The van der Waals surface area contributed by atoms with Crippen LogP contribution in [0.2, 0.25) is 0 Å². The van der Waals surface area contributed by atoms with Crippen LogP contribution < -0.4 is 37.9 Å². The Hall–Kier alpha value is -5.44. The summed E-state index contributed by atoms with van der Waals surface area (Å²) in [7, 11) is 18.2. The first-order valence-corrected chi connectivity index (χ1v) is 40.1. The lowest BCUT2D eigenvalue weighted by Crippen LogP contribution is -2.28. The minimum Gasteiger partial charge on any atom is -0.491 e. The van der Waals surface area contributed by atoms with E-state index in [9.17, 15) is 0 Å². The largest absolute Gasteiger partial charge is 0.491 e. The molecule has 0 aromatic heterocycles. The number of hydrogen-bond donors (Lipinski definition) is 0. The first kappa shape index (κ1) is 109. The highest BCUT2D eigenvalue weighted by atomic mass is 16.6. The minimum absolute atomic E-state index is 0.0177. The Morgan fingerprint density at radius 1 is 0.237 bits per heavy atom. The van der Waals surface area contributed by atoms with E-state index < -0.39 is 0 Å². The smallest absolute Gasteiger partial charge is 0.123 e. The van der Waals surface area contributed by atoms with Crippen LogP contribution in [0.5, 0.6) is 46.0 Å². The van der Waals surface area contributed by atoms with Crippen molar-refractivity contribution in [3.05, 3.63) is 95.1 Å². The molecule has 0 bridgehead atoms. The third kappa shape index (κ3) is 66.6. The van der Waals surface area contributed by atoms with Crippen molar-refractivity contribution in [2.24, 2.45) is 29.1 Å². The number of ether oxygens (including phenoxy) is 26. The Morgan fingerprint density at radius 2 is 0.482 bits per heavy atom. The van der Waals surface area contributed by atoms with E-state index in [1.54, 1.807) is 78.2 Å². The maximum atomic E-state index is 6.31. The van der Waals surface area contributed by atoms with E-state index in [4.69, 9.17) is 123 Å². The van der Waals surface area contributed by atoms with E-state index in [-0.39, 0.29) is 17.6 Å². The predicted molar refractivity (Wildman–Crippen MR) is 447 cm³/mol. The maximum Gasteiger partial charge on any atom is 0.123 e. The number of methoxy groups -OCH3 is 11. The highest BCUT2D eigenvalue weighted by Gasteiger charge is 2.16. The van der Waals surface area contributed by atoms with E-state index in [0.717, 1.165) is 60.7 Å². The van der Waals surface area contributed by atoms with Crippen LogP contribution in [0.1, 0.15) is 111 Å². The Morgan fingerprint density at radius 3 is 0.728 bits per heavy atom. The van der Waals surface area contributed by atoms with Gasteiger partial charge in [0.2, 0.25) is 0 Å².